The van der Waals surface area contributed by atoms with Gasteiger partial charge in [0.25, 0.3) is 5.91 Å². The van der Waals surface area contributed by atoms with Crippen LogP contribution in [-0.2, 0) is 13.1 Å². The molecule has 2 aromatic heterocycles. The fourth-order valence-electron chi connectivity index (χ4n) is 3.32. The van der Waals surface area contributed by atoms with Gasteiger partial charge in [-0.1, -0.05) is 36.4 Å². The molecule has 0 aliphatic carbocycles. The van der Waals surface area contributed by atoms with Crippen molar-refractivity contribution in [2.24, 2.45) is 0 Å². The molecule has 1 amide bonds. The minimum Gasteiger partial charge on any atom is -0.348 e. The number of aromatic amines is 1. The molecule has 2 N–H and O–H groups in total. The number of carbonyl (C=O) groups excluding carboxylic acids is 1. The van der Waals surface area contributed by atoms with Gasteiger partial charge in [0.15, 0.2) is 0 Å². The third-order valence-electron chi connectivity index (χ3n) is 4.84. The van der Waals surface area contributed by atoms with Gasteiger partial charge in [-0.15, -0.1) is 0 Å². The summed E-state index contributed by atoms with van der Waals surface area (Å²) in [6.07, 6.45) is 1.73. The predicted molar refractivity (Wildman–Crippen MR) is 112 cm³/mol. The van der Waals surface area contributed by atoms with E-state index in [1.807, 2.05) is 79.2 Å². The Kier molecular flexibility index (Phi) is 5.24. The van der Waals surface area contributed by atoms with E-state index >= 15 is 0 Å². The number of aromatic nitrogens is 4. The van der Waals surface area contributed by atoms with E-state index in [-0.39, 0.29) is 5.91 Å². The number of amides is 1. The zero-order valence-electron chi connectivity index (χ0n) is 16.5. The molecular formula is C23H23N5O. The first-order valence-corrected chi connectivity index (χ1v) is 9.55. The Morgan fingerprint density at radius 1 is 1.03 bits per heavy atom. The molecule has 0 aliphatic heterocycles. The highest BCUT2D eigenvalue weighted by Gasteiger charge is 2.08. The number of hydrogen-bond acceptors (Lipinski definition) is 3. The molecule has 29 heavy (non-hydrogen) atoms. The van der Waals surface area contributed by atoms with Crippen LogP contribution in [0.25, 0.3) is 11.3 Å². The summed E-state index contributed by atoms with van der Waals surface area (Å²) >= 11 is 0. The van der Waals surface area contributed by atoms with Crippen LogP contribution in [0.3, 0.4) is 0 Å². The highest BCUT2D eigenvalue weighted by Crippen LogP contribution is 2.16. The molecular weight excluding hydrogens is 362 g/mol. The van der Waals surface area contributed by atoms with Crippen LogP contribution in [-0.4, -0.2) is 25.9 Å². The minimum atomic E-state index is -0.0853. The lowest BCUT2D eigenvalue weighted by Gasteiger charge is -2.09. The lowest BCUT2D eigenvalue weighted by molar-refractivity contribution is 0.0951. The fraction of sp³-hybridized carbons (Fsp3) is 0.174. The largest absolute Gasteiger partial charge is 0.348 e. The maximum Gasteiger partial charge on any atom is 0.251 e. The van der Waals surface area contributed by atoms with Gasteiger partial charge in [0.2, 0.25) is 0 Å². The van der Waals surface area contributed by atoms with E-state index in [0.717, 1.165) is 33.8 Å². The quantitative estimate of drug-likeness (QED) is 0.529. The molecule has 2 heterocycles. The number of aryl methyl sites for hydroxylation is 2. The first-order valence-electron chi connectivity index (χ1n) is 9.55. The third kappa shape index (κ3) is 4.43. The van der Waals surface area contributed by atoms with Crippen molar-refractivity contribution in [3.8, 4) is 11.3 Å². The average molecular weight is 385 g/mol. The highest BCUT2D eigenvalue weighted by atomic mass is 16.1. The zero-order chi connectivity index (χ0) is 20.2. The van der Waals surface area contributed by atoms with Crippen molar-refractivity contribution in [3.63, 3.8) is 0 Å². The summed E-state index contributed by atoms with van der Waals surface area (Å²) in [4.78, 5) is 12.6. The summed E-state index contributed by atoms with van der Waals surface area (Å²) in [7, 11) is 0. The van der Waals surface area contributed by atoms with Gasteiger partial charge in [-0.05, 0) is 54.8 Å². The smallest absolute Gasteiger partial charge is 0.251 e. The summed E-state index contributed by atoms with van der Waals surface area (Å²) in [5.41, 5.74) is 6.88. The maximum absolute atomic E-state index is 12.6. The van der Waals surface area contributed by atoms with Gasteiger partial charge in [0, 0.05) is 24.0 Å². The summed E-state index contributed by atoms with van der Waals surface area (Å²) in [5.74, 6) is -0.0853. The van der Waals surface area contributed by atoms with E-state index in [1.54, 1.807) is 6.20 Å². The minimum absolute atomic E-state index is 0.0853. The van der Waals surface area contributed by atoms with E-state index in [9.17, 15) is 4.79 Å². The van der Waals surface area contributed by atoms with E-state index in [0.29, 0.717) is 18.7 Å². The third-order valence-corrected chi connectivity index (χ3v) is 4.84. The molecule has 146 valence electrons. The van der Waals surface area contributed by atoms with Crippen molar-refractivity contribution >= 4 is 5.91 Å². The lowest BCUT2D eigenvalue weighted by atomic mass is 10.1. The zero-order valence-corrected chi connectivity index (χ0v) is 16.5. The Morgan fingerprint density at radius 3 is 2.55 bits per heavy atom. The lowest BCUT2D eigenvalue weighted by Crippen LogP contribution is -2.23. The van der Waals surface area contributed by atoms with Crippen LogP contribution in [0, 0.1) is 13.8 Å². The summed E-state index contributed by atoms with van der Waals surface area (Å²) in [5, 5.41) is 14.4. The Morgan fingerprint density at radius 2 is 1.86 bits per heavy atom. The second-order valence-corrected chi connectivity index (χ2v) is 7.14. The van der Waals surface area contributed by atoms with Crippen LogP contribution < -0.4 is 5.32 Å². The van der Waals surface area contributed by atoms with Crippen LogP contribution in [0.4, 0.5) is 0 Å². The van der Waals surface area contributed by atoms with Crippen molar-refractivity contribution < 1.29 is 4.79 Å². The van der Waals surface area contributed by atoms with Crippen molar-refractivity contribution in [2.45, 2.75) is 26.9 Å². The number of hydrogen-bond donors (Lipinski definition) is 2. The summed E-state index contributed by atoms with van der Waals surface area (Å²) in [6, 6.07) is 19.7. The standard InChI is InChI=1S/C23H23N5O/c1-16-12-17(2)28(27-16)15-19-4-3-5-21(13-19)23(29)24-14-18-6-8-20(9-7-18)22-10-11-25-26-22/h3-13H,14-15H2,1-2H3,(H,24,29)(H,25,26). The molecule has 6 nitrogen and oxygen atoms in total. The second kappa shape index (κ2) is 8.14. The Balaban J connectivity index is 1.39. The molecule has 4 rings (SSSR count). The van der Waals surface area contributed by atoms with Gasteiger partial charge in [0.05, 0.1) is 17.9 Å². The molecule has 0 atom stereocenters. The Bertz CT molecular complexity index is 1110. The molecule has 4 aromatic rings. The summed E-state index contributed by atoms with van der Waals surface area (Å²) < 4.78 is 1.95. The molecule has 2 aromatic carbocycles. The molecule has 0 bridgehead atoms. The molecule has 0 saturated carbocycles. The van der Waals surface area contributed by atoms with E-state index < -0.39 is 0 Å². The van der Waals surface area contributed by atoms with Gasteiger partial charge in [-0.2, -0.15) is 10.2 Å². The topological polar surface area (TPSA) is 75.6 Å². The maximum atomic E-state index is 12.6. The molecule has 0 saturated heterocycles. The van der Waals surface area contributed by atoms with Crippen LogP contribution in [0.5, 0.6) is 0 Å². The monoisotopic (exact) mass is 385 g/mol. The van der Waals surface area contributed by atoms with E-state index in [1.165, 1.54) is 0 Å². The number of rotatable bonds is 6. The van der Waals surface area contributed by atoms with Gasteiger partial charge in [-0.3, -0.25) is 14.6 Å². The summed E-state index contributed by atoms with van der Waals surface area (Å²) in [6.45, 7) is 5.14. The average Bonchev–Trinajstić information content (AvgIpc) is 3.37. The second-order valence-electron chi connectivity index (χ2n) is 7.14. The first-order chi connectivity index (χ1) is 14.1. The van der Waals surface area contributed by atoms with Gasteiger partial charge >= 0.3 is 0 Å². The van der Waals surface area contributed by atoms with Gasteiger partial charge in [-0.25, -0.2) is 0 Å². The van der Waals surface area contributed by atoms with Gasteiger partial charge in [0.1, 0.15) is 0 Å². The number of carbonyl (C=O) groups is 1. The van der Waals surface area contributed by atoms with E-state index in [2.05, 4.69) is 20.6 Å². The number of nitrogens with one attached hydrogen (secondary N) is 2. The van der Waals surface area contributed by atoms with Crippen molar-refractivity contribution in [3.05, 3.63) is 94.9 Å². The SMILES string of the molecule is Cc1cc(C)n(Cc2cccc(C(=O)NCc3ccc(-c4ccn[nH]4)cc3)c2)n1. The van der Waals surface area contributed by atoms with Crippen molar-refractivity contribution in [1.82, 2.24) is 25.3 Å². The van der Waals surface area contributed by atoms with Gasteiger partial charge < -0.3 is 5.32 Å². The molecule has 0 spiro atoms. The molecule has 6 heteroatoms. The van der Waals surface area contributed by atoms with Crippen LogP contribution in [0.1, 0.15) is 32.9 Å². The molecule has 0 fully saturated rings. The Labute approximate surface area is 169 Å². The number of benzene rings is 2. The Hall–Kier alpha value is -3.67. The predicted octanol–water partition coefficient (Wildman–Crippen LogP) is 3.87. The number of H-pyrrole nitrogens is 1. The van der Waals surface area contributed by atoms with Crippen LogP contribution in [0.15, 0.2) is 66.9 Å². The molecule has 0 radical (unpaired) electrons. The van der Waals surface area contributed by atoms with E-state index in [4.69, 9.17) is 0 Å². The van der Waals surface area contributed by atoms with Crippen molar-refractivity contribution in [2.75, 3.05) is 0 Å². The van der Waals surface area contributed by atoms with Crippen LogP contribution in [0.2, 0.25) is 0 Å². The van der Waals surface area contributed by atoms with Crippen LogP contribution >= 0.6 is 0 Å². The van der Waals surface area contributed by atoms with Crippen molar-refractivity contribution in [1.29, 1.82) is 0 Å². The molecule has 0 aliphatic rings. The fourth-order valence-corrected chi connectivity index (χ4v) is 3.32. The number of nitrogens with zero attached hydrogens (tertiary/aromatic N) is 3. The normalized spacial score (nSPS) is 10.8. The molecule has 0 unspecified atom stereocenters. The first kappa shape index (κ1) is 18.7. The highest BCUT2D eigenvalue weighted by molar-refractivity contribution is 5.94.